The first kappa shape index (κ1) is 19.5. The Morgan fingerprint density at radius 2 is 2.07 bits per heavy atom. The van der Waals surface area contributed by atoms with Crippen molar-refractivity contribution in [1.82, 2.24) is 19.5 Å². The maximum absolute atomic E-state index is 10.4. The van der Waals surface area contributed by atoms with Gasteiger partial charge in [-0.05, 0) is 12.0 Å². The molecule has 0 spiro atoms. The van der Waals surface area contributed by atoms with Crippen molar-refractivity contribution in [3.05, 3.63) is 42.2 Å². The van der Waals surface area contributed by atoms with E-state index in [9.17, 15) is 10.2 Å². The summed E-state index contributed by atoms with van der Waals surface area (Å²) in [5, 5.41) is 23.3. The second-order valence-electron chi connectivity index (χ2n) is 6.84. The number of benzene rings is 1. The molecule has 4 rings (SSSR count). The molecule has 10 nitrogen and oxygen atoms in total. The van der Waals surface area contributed by atoms with Gasteiger partial charge in [0.2, 0.25) is 5.95 Å². The third-order valence-electron chi connectivity index (χ3n) is 5.06. The average Bonchev–Trinajstić information content (AvgIpc) is 3.26. The predicted molar refractivity (Wildman–Crippen MR) is 106 cm³/mol. The normalized spacial score (nSPS) is 24.2. The van der Waals surface area contributed by atoms with E-state index in [1.165, 1.54) is 19.0 Å². The highest BCUT2D eigenvalue weighted by Gasteiger charge is 2.46. The molecule has 1 saturated heterocycles. The molecule has 1 aromatic carbocycles. The molecule has 0 unspecified atom stereocenters. The third kappa shape index (κ3) is 3.62. The smallest absolute Gasteiger partial charge is 0.207 e. The van der Waals surface area contributed by atoms with Gasteiger partial charge in [0.15, 0.2) is 23.2 Å². The van der Waals surface area contributed by atoms with Gasteiger partial charge in [-0.15, -0.1) is 0 Å². The van der Waals surface area contributed by atoms with Crippen molar-refractivity contribution in [2.24, 2.45) is 0 Å². The first-order valence-corrected chi connectivity index (χ1v) is 9.37. The molecule has 29 heavy (non-hydrogen) atoms. The second-order valence-corrected chi connectivity index (χ2v) is 6.84. The molecule has 0 radical (unpaired) electrons. The molecule has 5 N–H and O–H groups in total. The second kappa shape index (κ2) is 8.29. The van der Waals surface area contributed by atoms with Crippen LogP contribution in [0.25, 0.3) is 11.2 Å². The number of anilines is 2. The van der Waals surface area contributed by atoms with E-state index < -0.39 is 24.5 Å². The van der Waals surface area contributed by atoms with Crippen molar-refractivity contribution in [3.63, 3.8) is 0 Å². The van der Waals surface area contributed by atoms with E-state index in [1.807, 2.05) is 18.2 Å². The summed E-state index contributed by atoms with van der Waals surface area (Å²) in [6.07, 6.45) is -1.10. The van der Waals surface area contributed by atoms with Crippen LogP contribution >= 0.6 is 0 Å². The van der Waals surface area contributed by atoms with Crippen LogP contribution < -0.4 is 11.1 Å². The van der Waals surface area contributed by atoms with E-state index >= 15 is 0 Å². The Hall–Kier alpha value is -2.79. The first-order valence-electron chi connectivity index (χ1n) is 9.37. The van der Waals surface area contributed by atoms with Crippen molar-refractivity contribution in [2.75, 3.05) is 31.3 Å². The molecule has 1 aliphatic rings. The molecule has 2 aromatic heterocycles. The number of nitrogen functional groups attached to an aromatic ring is 1. The van der Waals surface area contributed by atoms with E-state index in [0.717, 1.165) is 6.42 Å². The van der Waals surface area contributed by atoms with Gasteiger partial charge in [0.1, 0.15) is 24.6 Å². The number of nitrogens with one attached hydrogen (secondary N) is 1. The van der Waals surface area contributed by atoms with Crippen LogP contribution in [0.15, 0.2) is 36.7 Å². The predicted octanol–water partition coefficient (Wildman–Crippen LogP) is 0.329. The lowest BCUT2D eigenvalue weighted by molar-refractivity contribution is -0.0572. The summed E-state index contributed by atoms with van der Waals surface area (Å²) >= 11 is 0. The molecule has 10 heteroatoms. The van der Waals surface area contributed by atoms with Gasteiger partial charge in [-0.25, -0.2) is 15.0 Å². The molecule has 154 valence electrons. The Balaban J connectivity index is 1.68. The summed E-state index contributed by atoms with van der Waals surface area (Å²) in [6, 6.07) is 10.1. The Bertz CT molecular complexity index is 966. The minimum Gasteiger partial charge on any atom is -0.394 e. The van der Waals surface area contributed by atoms with Crippen LogP contribution in [0.3, 0.4) is 0 Å². The number of hydrogen-bond acceptors (Lipinski definition) is 9. The zero-order valence-electron chi connectivity index (χ0n) is 16.0. The van der Waals surface area contributed by atoms with Crippen molar-refractivity contribution in [1.29, 1.82) is 0 Å². The fourth-order valence-electron chi connectivity index (χ4n) is 3.59. The largest absolute Gasteiger partial charge is 0.394 e. The highest BCUT2D eigenvalue weighted by molar-refractivity contribution is 5.84. The van der Waals surface area contributed by atoms with Crippen LogP contribution in [0.1, 0.15) is 11.8 Å². The Labute approximate surface area is 167 Å². The van der Waals surface area contributed by atoms with E-state index in [1.54, 1.807) is 4.57 Å². The average molecular weight is 400 g/mol. The van der Waals surface area contributed by atoms with E-state index in [4.69, 9.17) is 15.2 Å². The van der Waals surface area contributed by atoms with Crippen LogP contribution in [-0.4, -0.2) is 68.3 Å². The zero-order chi connectivity index (χ0) is 20.4. The number of hydrogen-bond donors (Lipinski definition) is 4. The quantitative estimate of drug-likeness (QED) is 0.441. The summed E-state index contributed by atoms with van der Waals surface area (Å²) < 4.78 is 13.0. The number of aromatic nitrogens is 4. The molecule has 0 aliphatic carbocycles. The van der Waals surface area contributed by atoms with Gasteiger partial charge in [0, 0.05) is 13.7 Å². The number of aliphatic hydroxyl groups is 2. The van der Waals surface area contributed by atoms with Gasteiger partial charge in [0.25, 0.3) is 0 Å². The zero-order valence-corrected chi connectivity index (χ0v) is 16.0. The first-order chi connectivity index (χ1) is 14.1. The van der Waals surface area contributed by atoms with E-state index in [2.05, 4.69) is 32.4 Å². The van der Waals surface area contributed by atoms with Crippen LogP contribution in [0.2, 0.25) is 0 Å². The molecular formula is C19H24N6O4. The maximum Gasteiger partial charge on any atom is 0.207 e. The summed E-state index contributed by atoms with van der Waals surface area (Å²) in [5.41, 5.74) is 8.06. The lowest BCUT2D eigenvalue weighted by Crippen LogP contribution is -2.35. The number of nitrogens with two attached hydrogens (primary N) is 1. The van der Waals surface area contributed by atoms with Crippen LogP contribution in [-0.2, 0) is 15.9 Å². The summed E-state index contributed by atoms with van der Waals surface area (Å²) in [5.74, 6) is 0.715. The summed E-state index contributed by atoms with van der Waals surface area (Å²) in [7, 11) is 1.48. The monoisotopic (exact) mass is 400 g/mol. The van der Waals surface area contributed by atoms with Crippen LogP contribution in [0.4, 0.5) is 11.8 Å². The summed E-state index contributed by atoms with van der Waals surface area (Å²) in [6.45, 7) is 0.273. The number of nitrogens with zero attached hydrogens (tertiary/aromatic N) is 4. The lowest BCUT2D eigenvalue weighted by Gasteiger charge is -2.22. The number of methoxy groups -OCH3 is 1. The standard InChI is InChI=1S/C19H24N6O4/c1-28-15-14(27)12(9-26)29-18(15)25-17-13(16(20)22-10-23-17)24-19(25)21-8-7-11-5-3-2-4-6-11/h2-6,10,12,14-15,18,26-27H,7-9H2,1H3,(H,21,24)(H2,20,22,23)/t12-,14-,15-,18-/m1/s1. The van der Waals surface area contributed by atoms with E-state index in [0.29, 0.717) is 23.7 Å². The van der Waals surface area contributed by atoms with Crippen molar-refractivity contribution in [3.8, 4) is 0 Å². The highest BCUT2D eigenvalue weighted by atomic mass is 16.6. The van der Waals surface area contributed by atoms with E-state index in [-0.39, 0.29) is 12.4 Å². The Morgan fingerprint density at radius 3 is 2.79 bits per heavy atom. The molecule has 4 atom stereocenters. The van der Waals surface area contributed by atoms with Gasteiger partial charge in [-0.1, -0.05) is 30.3 Å². The summed E-state index contributed by atoms with van der Waals surface area (Å²) in [4.78, 5) is 12.9. The number of aliphatic hydroxyl groups excluding tert-OH is 2. The van der Waals surface area contributed by atoms with Gasteiger partial charge in [-0.3, -0.25) is 4.57 Å². The molecular weight excluding hydrogens is 376 g/mol. The number of fused-ring (bicyclic) bond motifs is 1. The lowest BCUT2D eigenvalue weighted by atomic mass is 10.1. The molecule has 1 fully saturated rings. The van der Waals surface area contributed by atoms with Crippen LogP contribution in [0.5, 0.6) is 0 Å². The molecule has 3 heterocycles. The fourth-order valence-corrected chi connectivity index (χ4v) is 3.59. The minimum atomic E-state index is -0.996. The molecule has 0 amide bonds. The van der Waals surface area contributed by atoms with Gasteiger partial charge in [0.05, 0.1) is 6.61 Å². The number of imidazole rings is 1. The van der Waals surface area contributed by atoms with Crippen molar-refractivity contribution < 1.29 is 19.7 Å². The molecule has 1 aliphatic heterocycles. The SMILES string of the molecule is CO[C@@H]1[C@H](O)[C@@H](CO)O[C@H]1n1c(NCCc2ccccc2)nc2c(N)ncnc21. The van der Waals surface area contributed by atoms with Crippen molar-refractivity contribution >= 4 is 22.9 Å². The van der Waals surface area contributed by atoms with Crippen LogP contribution in [0, 0.1) is 0 Å². The minimum absolute atomic E-state index is 0.242. The molecule has 3 aromatic rings. The number of rotatable bonds is 7. The highest BCUT2D eigenvalue weighted by Crippen LogP contribution is 2.36. The van der Waals surface area contributed by atoms with Gasteiger partial charge >= 0.3 is 0 Å². The third-order valence-corrected chi connectivity index (χ3v) is 5.06. The Kier molecular flexibility index (Phi) is 5.58. The van der Waals surface area contributed by atoms with Gasteiger partial charge in [-0.2, -0.15) is 0 Å². The Morgan fingerprint density at radius 1 is 1.28 bits per heavy atom. The molecule has 0 bridgehead atoms. The molecule has 0 saturated carbocycles. The number of ether oxygens (including phenoxy) is 2. The maximum atomic E-state index is 10.4. The van der Waals surface area contributed by atoms with Gasteiger partial charge < -0.3 is 30.7 Å². The topological polar surface area (TPSA) is 141 Å². The fraction of sp³-hybridized carbons (Fsp3) is 0.421. The van der Waals surface area contributed by atoms with Crippen molar-refractivity contribution in [2.45, 2.75) is 31.0 Å².